The zero-order valence-electron chi connectivity index (χ0n) is 16.4. The van der Waals surface area contributed by atoms with Crippen LogP contribution in [0.15, 0.2) is 41.1 Å². The number of pyridine rings is 1. The third kappa shape index (κ3) is 5.10. The van der Waals surface area contributed by atoms with Crippen molar-refractivity contribution in [3.63, 3.8) is 0 Å². The molecule has 1 aliphatic rings. The van der Waals surface area contributed by atoms with Crippen molar-refractivity contribution in [1.82, 2.24) is 20.1 Å². The quantitative estimate of drug-likeness (QED) is 0.724. The Labute approximate surface area is 165 Å². The molecule has 1 fully saturated rings. The molecular weight excluding hydrogens is 358 g/mol. The van der Waals surface area contributed by atoms with Gasteiger partial charge in [-0.2, -0.15) is 0 Å². The lowest BCUT2D eigenvalue weighted by Gasteiger charge is -2.35. The summed E-state index contributed by atoms with van der Waals surface area (Å²) in [7, 11) is 4.02. The van der Waals surface area contributed by atoms with Gasteiger partial charge in [-0.1, -0.05) is 0 Å². The Morgan fingerprint density at radius 3 is 2.57 bits per heavy atom. The number of carbonyl (C=O) groups is 2. The average molecular weight is 385 g/mol. The van der Waals surface area contributed by atoms with Crippen LogP contribution in [0.25, 0.3) is 0 Å². The van der Waals surface area contributed by atoms with E-state index in [1.165, 1.54) is 6.26 Å². The van der Waals surface area contributed by atoms with Crippen LogP contribution in [0.3, 0.4) is 0 Å². The average Bonchev–Trinajstić information content (AvgIpc) is 3.25. The molecule has 0 spiro atoms. The SMILES string of the molecule is CN(C)CCCNC(=O)c1ccc(N2CCN(C(=O)c3ccco3)CC2)nc1. The van der Waals surface area contributed by atoms with Gasteiger partial charge in [-0.05, 0) is 51.3 Å². The molecule has 150 valence electrons. The van der Waals surface area contributed by atoms with Crippen molar-refractivity contribution in [2.24, 2.45) is 0 Å². The summed E-state index contributed by atoms with van der Waals surface area (Å²) in [4.78, 5) is 34.9. The monoisotopic (exact) mass is 385 g/mol. The van der Waals surface area contributed by atoms with E-state index in [-0.39, 0.29) is 11.8 Å². The Bertz CT molecular complexity index is 766. The van der Waals surface area contributed by atoms with Gasteiger partial charge < -0.3 is 24.4 Å². The van der Waals surface area contributed by atoms with Crippen molar-refractivity contribution in [3.8, 4) is 0 Å². The lowest BCUT2D eigenvalue weighted by atomic mass is 10.2. The van der Waals surface area contributed by atoms with Gasteiger partial charge >= 0.3 is 0 Å². The predicted octanol–water partition coefficient (Wildman–Crippen LogP) is 1.32. The fourth-order valence-electron chi connectivity index (χ4n) is 3.10. The molecule has 3 rings (SSSR count). The minimum absolute atomic E-state index is 0.0844. The number of furan rings is 1. The topological polar surface area (TPSA) is 81.9 Å². The van der Waals surface area contributed by atoms with E-state index in [4.69, 9.17) is 4.42 Å². The van der Waals surface area contributed by atoms with Crippen LogP contribution < -0.4 is 10.2 Å². The van der Waals surface area contributed by atoms with Gasteiger partial charge in [0.1, 0.15) is 5.82 Å². The first kappa shape index (κ1) is 19.9. The Morgan fingerprint density at radius 2 is 1.96 bits per heavy atom. The molecule has 8 heteroatoms. The molecular formula is C20H27N5O3. The van der Waals surface area contributed by atoms with Gasteiger partial charge in [0.15, 0.2) is 5.76 Å². The van der Waals surface area contributed by atoms with Gasteiger partial charge in [0.05, 0.1) is 11.8 Å². The third-order valence-electron chi connectivity index (χ3n) is 4.70. The number of nitrogens with zero attached hydrogens (tertiary/aromatic N) is 4. The maximum Gasteiger partial charge on any atom is 0.289 e. The normalized spacial score (nSPS) is 14.4. The molecule has 0 unspecified atom stereocenters. The van der Waals surface area contributed by atoms with Crippen molar-refractivity contribution >= 4 is 17.6 Å². The van der Waals surface area contributed by atoms with Gasteiger partial charge in [-0.3, -0.25) is 9.59 Å². The van der Waals surface area contributed by atoms with Gasteiger partial charge in [0, 0.05) is 38.9 Å². The number of aromatic nitrogens is 1. The van der Waals surface area contributed by atoms with Crippen molar-refractivity contribution in [3.05, 3.63) is 48.0 Å². The van der Waals surface area contributed by atoms with Crippen molar-refractivity contribution in [2.45, 2.75) is 6.42 Å². The molecule has 2 aromatic rings. The van der Waals surface area contributed by atoms with Gasteiger partial charge in [0.25, 0.3) is 11.8 Å². The molecule has 3 heterocycles. The van der Waals surface area contributed by atoms with E-state index in [1.54, 1.807) is 29.3 Å². The lowest BCUT2D eigenvalue weighted by molar-refractivity contribution is 0.0714. The molecule has 0 aromatic carbocycles. The van der Waals surface area contributed by atoms with E-state index in [1.807, 2.05) is 20.2 Å². The Kier molecular flexibility index (Phi) is 6.65. The molecule has 28 heavy (non-hydrogen) atoms. The second-order valence-corrected chi connectivity index (χ2v) is 7.07. The van der Waals surface area contributed by atoms with Crippen molar-refractivity contribution in [2.75, 3.05) is 58.3 Å². The van der Waals surface area contributed by atoms with Crippen LogP contribution in [0.1, 0.15) is 27.3 Å². The molecule has 1 aliphatic heterocycles. The Morgan fingerprint density at radius 1 is 1.18 bits per heavy atom. The number of hydrogen-bond donors (Lipinski definition) is 1. The minimum atomic E-state index is -0.105. The largest absolute Gasteiger partial charge is 0.459 e. The molecule has 1 saturated heterocycles. The fraction of sp³-hybridized carbons (Fsp3) is 0.450. The summed E-state index contributed by atoms with van der Waals surface area (Å²) in [6.07, 6.45) is 4.02. The number of piperazine rings is 1. The van der Waals surface area contributed by atoms with E-state index < -0.39 is 0 Å². The van der Waals surface area contributed by atoms with Crippen LogP contribution >= 0.6 is 0 Å². The summed E-state index contributed by atoms with van der Waals surface area (Å²) in [6.45, 7) is 4.17. The minimum Gasteiger partial charge on any atom is -0.459 e. The van der Waals surface area contributed by atoms with E-state index in [0.29, 0.717) is 44.0 Å². The third-order valence-corrected chi connectivity index (χ3v) is 4.70. The maximum atomic E-state index is 12.3. The number of anilines is 1. The number of carbonyl (C=O) groups excluding carboxylic acids is 2. The van der Waals surface area contributed by atoms with Crippen LogP contribution in [-0.2, 0) is 0 Å². The molecule has 0 bridgehead atoms. The van der Waals surface area contributed by atoms with E-state index >= 15 is 0 Å². The number of amides is 2. The maximum absolute atomic E-state index is 12.3. The highest BCUT2D eigenvalue weighted by molar-refractivity contribution is 5.94. The highest BCUT2D eigenvalue weighted by atomic mass is 16.3. The molecule has 2 aromatic heterocycles. The van der Waals surface area contributed by atoms with Crippen LogP contribution in [0, 0.1) is 0 Å². The van der Waals surface area contributed by atoms with E-state index in [9.17, 15) is 9.59 Å². The molecule has 2 amide bonds. The summed E-state index contributed by atoms with van der Waals surface area (Å²) in [5.41, 5.74) is 0.556. The standard InChI is InChI=1S/C20H27N5O3/c1-23(2)9-4-8-21-19(26)16-6-7-18(22-15-16)24-10-12-25(13-11-24)20(27)17-5-3-14-28-17/h3,5-7,14-15H,4,8-13H2,1-2H3,(H,21,26). The van der Waals surface area contributed by atoms with Crippen molar-refractivity contribution < 1.29 is 14.0 Å². The predicted molar refractivity (Wildman–Crippen MR) is 107 cm³/mol. The van der Waals surface area contributed by atoms with Gasteiger partial charge in [-0.15, -0.1) is 0 Å². The molecule has 0 radical (unpaired) electrons. The summed E-state index contributed by atoms with van der Waals surface area (Å²) < 4.78 is 5.18. The summed E-state index contributed by atoms with van der Waals surface area (Å²) in [5, 5.41) is 2.91. The van der Waals surface area contributed by atoms with Crippen LogP contribution in [0.4, 0.5) is 5.82 Å². The van der Waals surface area contributed by atoms with E-state index in [2.05, 4.69) is 20.1 Å². The second-order valence-electron chi connectivity index (χ2n) is 7.07. The first-order valence-electron chi connectivity index (χ1n) is 9.51. The Hall–Kier alpha value is -2.87. The zero-order chi connectivity index (χ0) is 19.9. The van der Waals surface area contributed by atoms with Crippen LogP contribution in [0.2, 0.25) is 0 Å². The highest BCUT2D eigenvalue weighted by Crippen LogP contribution is 2.16. The smallest absolute Gasteiger partial charge is 0.289 e. The molecule has 1 N–H and O–H groups in total. The highest BCUT2D eigenvalue weighted by Gasteiger charge is 2.24. The first-order valence-corrected chi connectivity index (χ1v) is 9.51. The summed E-state index contributed by atoms with van der Waals surface area (Å²) >= 11 is 0. The van der Waals surface area contributed by atoms with Crippen molar-refractivity contribution in [1.29, 1.82) is 0 Å². The second kappa shape index (κ2) is 9.36. The van der Waals surface area contributed by atoms with Gasteiger partial charge in [-0.25, -0.2) is 4.98 Å². The summed E-state index contributed by atoms with van der Waals surface area (Å²) in [5.74, 6) is 0.993. The first-order chi connectivity index (χ1) is 13.5. The van der Waals surface area contributed by atoms with E-state index in [0.717, 1.165) is 18.8 Å². The lowest BCUT2D eigenvalue weighted by Crippen LogP contribution is -2.49. The summed E-state index contributed by atoms with van der Waals surface area (Å²) in [6, 6.07) is 7.05. The molecule has 0 atom stereocenters. The van der Waals surface area contributed by atoms with Crippen LogP contribution in [0.5, 0.6) is 0 Å². The number of nitrogens with one attached hydrogen (secondary N) is 1. The Balaban J connectivity index is 1.48. The number of rotatable bonds is 7. The van der Waals surface area contributed by atoms with Crippen LogP contribution in [-0.4, -0.2) is 80.0 Å². The number of hydrogen-bond acceptors (Lipinski definition) is 6. The molecule has 0 aliphatic carbocycles. The van der Waals surface area contributed by atoms with Gasteiger partial charge in [0.2, 0.25) is 0 Å². The molecule has 0 saturated carbocycles. The fourth-order valence-corrected chi connectivity index (χ4v) is 3.10. The zero-order valence-corrected chi connectivity index (χ0v) is 16.4. The molecule has 8 nitrogen and oxygen atoms in total.